The third kappa shape index (κ3) is 8.49. The Hall–Kier alpha value is -0.590. The number of hydrogen-bond acceptors (Lipinski definition) is 3. The van der Waals surface area contributed by atoms with E-state index >= 15 is 0 Å². The summed E-state index contributed by atoms with van der Waals surface area (Å²) in [6, 6.07) is 2.19. The molecule has 1 atom stereocenters. The highest BCUT2D eigenvalue weighted by molar-refractivity contribution is 4.67. The number of ether oxygens (including phenoxy) is 2. The molecule has 1 rings (SSSR count). The largest absolute Gasteiger partial charge is 0.379 e. The van der Waals surface area contributed by atoms with Crippen molar-refractivity contribution in [1.82, 2.24) is 0 Å². The van der Waals surface area contributed by atoms with Gasteiger partial charge in [-0.2, -0.15) is 5.26 Å². The fourth-order valence-corrected chi connectivity index (χ4v) is 2.28. The lowest BCUT2D eigenvalue weighted by molar-refractivity contribution is 0.0161. The van der Waals surface area contributed by atoms with E-state index in [0.717, 1.165) is 32.7 Å². The number of hydrogen-bond donors (Lipinski definition) is 0. The summed E-state index contributed by atoms with van der Waals surface area (Å²) in [5.74, 6) is 0. The van der Waals surface area contributed by atoms with Crippen LogP contribution in [0.4, 0.5) is 0 Å². The molecule has 0 spiro atoms. The molecule has 1 heterocycles. The van der Waals surface area contributed by atoms with Crippen LogP contribution in [0.3, 0.4) is 0 Å². The highest BCUT2D eigenvalue weighted by atomic mass is 16.5. The minimum Gasteiger partial charge on any atom is -0.379 e. The summed E-state index contributed by atoms with van der Waals surface area (Å²) < 4.78 is 11.1. The molecule has 1 fully saturated rings. The van der Waals surface area contributed by atoms with Gasteiger partial charge in [0.15, 0.2) is 0 Å². The SMILES string of the molecule is N#CCCCCCCCCCOCC1CCCO1. The van der Waals surface area contributed by atoms with Gasteiger partial charge in [-0.3, -0.25) is 0 Å². The molecule has 1 unspecified atom stereocenters. The molecule has 104 valence electrons. The van der Waals surface area contributed by atoms with Gasteiger partial charge >= 0.3 is 0 Å². The summed E-state index contributed by atoms with van der Waals surface area (Å²) in [6.45, 7) is 2.59. The lowest BCUT2D eigenvalue weighted by atomic mass is 10.1. The van der Waals surface area contributed by atoms with Crippen LogP contribution in [0.25, 0.3) is 0 Å². The predicted molar refractivity (Wildman–Crippen MR) is 72.3 cm³/mol. The maximum atomic E-state index is 8.40. The molecule has 1 aliphatic heterocycles. The van der Waals surface area contributed by atoms with Crippen LogP contribution >= 0.6 is 0 Å². The van der Waals surface area contributed by atoms with Crippen LogP contribution in [0.5, 0.6) is 0 Å². The van der Waals surface area contributed by atoms with Gasteiger partial charge in [-0.05, 0) is 25.7 Å². The minimum atomic E-state index is 0.366. The van der Waals surface area contributed by atoms with Crippen LogP contribution in [0.1, 0.15) is 64.2 Å². The Bertz CT molecular complexity index is 219. The van der Waals surface area contributed by atoms with E-state index in [1.165, 1.54) is 51.4 Å². The Balaban J connectivity index is 1.69. The van der Waals surface area contributed by atoms with Gasteiger partial charge in [-0.15, -0.1) is 0 Å². The molecule has 0 aromatic carbocycles. The van der Waals surface area contributed by atoms with Crippen molar-refractivity contribution < 1.29 is 9.47 Å². The monoisotopic (exact) mass is 253 g/mol. The molecule has 0 amide bonds. The fourth-order valence-electron chi connectivity index (χ4n) is 2.28. The van der Waals surface area contributed by atoms with E-state index in [1.807, 2.05) is 0 Å². The maximum Gasteiger partial charge on any atom is 0.0809 e. The van der Waals surface area contributed by atoms with Crippen LogP contribution in [0.2, 0.25) is 0 Å². The second-order valence-corrected chi connectivity index (χ2v) is 5.09. The second kappa shape index (κ2) is 11.5. The van der Waals surface area contributed by atoms with Gasteiger partial charge in [-0.1, -0.05) is 32.1 Å². The standard InChI is InChI=1S/C15H27NO2/c16-11-7-5-3-1-2-4-6-8-12-17-14-15-10-9-13-18-15/h15H,1-10,12-14H2. The number of nitriles is 1. The average Bonchev–Trinajstić information content (AvgIpc) is 2.89. The molecule has 0 saturated carbocycles. The average molecular weight is 253 g/mol. The first-order chi connectivity index (χ1) is 8.93. The molecule has 0 aliphatic carbocycles. The van der Waals surface area contributed by atoms with Crippen molar-refractivity contribution in [2.45, 2.75) is 70.3 Å². The number of rotatable bonds is 11. The van der Waals surface area contributed by atoms with Gasteiger partial charge in [0.25, 0.3) is 0 Å². The van der Waals surface area contributed by atoms with Crippen molar-refractivity contribution in [3.63, 3.8) is 0 Å². The molecule has 0 N–H and O–H groups in total. The molecular weight excluding hydrogens is 226 g/mol. The Morgan fingerprint density at radius 2 is 1.78 bits per heavy atom. The Morgan fingerprint density at radius 3 is 2.44 bits per heavy atom. The van der Waals surface area contributed by atoms with E-state index in [1.54, 1.807) is 0 Å². The molecule has 18 heavy (non-hydrogen) atoms. The van der Waals surface area contributed by atoms with E-state index in [9.17, 15) is 0 Å². The maximum absolute atomic E-state index is 8.40. The van der Waals surface area contributed by atoms with Crippen molar-refractivity contribution in [3.8, 4) is 6.07 Å². The molecule has 0 aromatic rings. The van der Waals surface area contributed by atoms with E-state index in [4.69, 9.17) is 14.7 Å². The van der Waals surface area contributed by atoms with Crippen molar-refractivity contribution in [2.24, 2.45) is 0 Å². The smallest absolute Gasteiger partial charge is 0.0809 e. The normalized spacial score (nSPS) is 18.9. The third-order valence-corrected chi connectivity index (χ3v) is 3.40. The van der Waals surface area contributed by atoms with E-state index < -0.39 is 0 Å². The van der Waals surface area contributed by atoms with Crippen LogP contribution in [-0.4, -0.2) is 25.9 Å². The van der Waals surface area contributed by atoms with Crippen molar-refractivity contribution >= 4 is 0 Å². The number of unbranched alkanes of at least 4 members (excludes halogenated alkanes) is 7. The zero-order chi connectivity index (χ0) is 12.9. The molecule has 3 heteroatoms. The first-order valence-corrected chi connectivity index (χ1v) is 7.50. The quantitative estimate of drug-likeness (QED) is 0.526. The van der Waals surface area contributed by atoms with E-state index in [-0.39, 0.29) is 0 Å². The minimum absolute atomic E-state index is 0.366. The van der Waals surface area contributed by atoms with Crippen molar-refractivity contribution in [2.75, 3.05) is 19.8 Å². The van der Waals surface area contributed by atoms with E-state index in [2.05, 4.69) is 6.07 Å². The molecule has 0 radical (unpaired) electrons. The van der Waals surface area contributed by atoms with Gasteiger partial charge in [0.1, 0.15) is 0 Å². The van der Waals surface area contributed by atoms with Crippen LogP contribution in [0.15, 0.2) is 0 Å². The summed E-state index contributed by atoms with van der Waals surface area (Å²) in [7, 11) is 0. The van der Waals surface area contributed by atoms with Gasteiger partial charge < -0.3 is 9.47 Å². The Kier molecular flexibility index (Phi) is 9.88. The Morgan fingerprint density at radius 1 is 1.06 bits per heavy atom. The highest BCUT2D eigenvalue weighted by Gasteiger charge is 2.14. The zero-order valence-corrected chi connectivity index (χ0v) is 11.5. The molecule has 1 aliphatic rings. The molecule has 3 nitrogen and oxygen atoms in total. The Labute approximate surface area is 111 Å². The summed E-state index contributed by atoms with van der Waals surface area (Å²) in [6.07, 6.45) is 12.1. The molecule has 0 bridgehead atoms. The molecule has 0 aromatic heterocycles. The fraction of sp³-hybridized carbons (Fsp3) is 0.933. The lowest BCUT2D eigenvalue weighted by Crippen LogP contribution is -2.14. The number of nitrogens with zero attached hydrogens (tertiary/aromatic N) is 1. The first kappa shape index (κ1) is 15.5. The third-order valence-electron chi connectivity index (χ3n) is 3.40. The zero-order valence-electron chi connectivity index (χ0n) is 11.5. The van der Waals surface area contributed by atoms with Gasteiger partial charge in [0.05, 0.1) is 18.8 Å². The summed E-state index contributed by atoms with van der Waals surface area (Å²) in [4.78, 5) is 0. The first-order valence-electron chi connectivity index (χ1n) is 7.50. The van der Waals surface area contributed by atoms with Gasteiger partial charge in [0.2, 0.25) is 0 Å². The van der Waals surface area contributed by atoms with Crippen molar-refractivity contribution in [1.29, 1.82) is 5.26 Å². The second-order valence-electron chi connectivity index (χ2n) is 5.09. The summed E-state index contributed by atoms with van der Waals surface area (Å²) >= 11 is 0. The summed E-state index contributed by atoms with van der Waals surface area (Å²) in [5, 5.41) is 8.40. The molecular formula is C15H27NO2. The predicted octanol–water partition coefficient (Wildman–Crippen LogP) is 3.83. The summed E-state index contributed by atoms with van der Waals surface area (Å²) in [5.41, 5.74) is 0. The van der Waals surface area contributed by atoms with Crippen LogP contribution < -0.4 is 0 Å². The van der Waals surface area contributed by atoms with Crippen LogP contribution in [0, 0.1) is 11.3 Å². The van der Waals surface area contributed by atoms with Gasteiger partial charge in [0, 0.05) is 19.6 Å². The highest BCUT2D eigenvalue weighted by Crippen LogP contribution is 2.12. The van der Waals surface area contributed by atoms with Gasteiger partial charge in [-0.25, -0.2) is 0 Å². The van der Waals surface area contributed by atoms with Crippen LogP contribution in [-0.2, 0) is 9.47 Å². The van der Waals surface area contributed by atoms with E-state index in [0.29, 0.717) is 6.10 Å². The topological polar surface area (TPSA) is 42.2 Å². The lowest BCUT2D eigenvalue weighted by Gasteiger charge is -2.09. The molecule has 1 saturated heterocycles. The van der Waals surface area contributed by atoms with Crippen molar-refractivity contribution in [3.05, 3.63) is 0 Å².